The smallest absolute Gasteiger partial charge is 0.417 e. The monoisotopic (exact) mass is 352 g/mol. The van der Waals surface area contributed by atoms with Gasteiger partial charge in [0.1, 0.15) is 0 Å². The highest BCUT2D eigenvalue weighted by molar-refractivity contribution is 5.88. The highest BCUT2D eigenvalue weighted by Crippen LogP contribution is 2.39. The summed E-state index contributed by atoms with van der Waals surface area (Å²) in [6.07, 6.45) is -4.51. The normalized spacial score (nSPS) is 12.6. The molecule has 0 fully saturated rings. The molecule has 2 N–H and O–H groups in total. The Morgan fingerprint density at radius 1 is 1.04 bits per heavy atom. The van der Waals surface area contributed by atoms with Crippen LogP contribution in [0.5, 0.6) is 0 Å². The SMILES string of the molecule is CCC(C(=O)O)c1ccc(-c2ccc(C(=O)O)cc2)c(C(F)(F)F)c1. The maximum atomic E-state index is 13.4. The topological polar surface area (TPSA) is 74.6 Å². The van der Waals surface area contributed by atoms with Crippen LogP contribution in [0.2, 0.25) is 0 Å². The number of hydrogen-bond acceptors (Lipinski definition) is 2. The minimum atomic E-state index is -4.67. The Morgan fingerprint density at radius 3 is 2.08 bits per heavy atom. The van der Waals surface area contributed by atoms with Crippen molar-refractivity contribution in [2.75, 3.05) is 0 Å². The maximum absolute atomic E-state index is 13.4. The van der Waals surface area contributed by atoms with Gasteiger partial charge in [-0.3, -0.25) is 4.79 Å². The van der Waals surface area contributed by atoms with E-state index in [1.165, 1.54) is 36.4 Å². The molecule has 4 nitrogen and oxygen atoms in total. The van der Waals surface area contributed by atoms with Crippen LogP contribution >= 0.6 is 0 Å². The van der Waals surface area contributed by atoms with E-state index < -0.39 is 29.6 Å². The van der Waals surface area contributed by atoms with E-state index in [9.17, 15) is 22.8 Å². The van der Waals surface area contributed by atoms with E-state index in [-0.39, 0.29) is 28.7 Å². The Hall–Kier alpha value is -2.83. The summed E-state index contributed by atoms with van der Waals surface area (Å²) < 4.78 is 40.3. The first-order valence-electron chi connectivity index (χ1n) is 7.42. The Balaban J connectivity index is 2.58. The predicted octanol–water partition coefficient (Wildman–Crippen LogP) is 4.65. The van der Waals surface area contributed by atoms with E-state index in [2.05, 4.69) is 0 Å². The Bertz CT molecular complexity index is 795. The van der Waals surface area contributed by atoms with E-state index in [0.29, 0.717) is 0 Å². The zero-order valence-electron chi connectivity index (χ0n) is 13.2. The molecule has 2 rings (SSSR count). The number of aliphatic carboxylic acids is 1. The lowest BCUT2D eigenvalue weighted by atomic mass is 9.90. The van der Waals surface area contributed by atoms with Gasteiger partial charge in [0.05, 0.1) is 17.0 Å². The number of carboxylic acids is 2. The third-order valence-corrected chi connectivity index (χ3v) is 3.90. The Labute approximate surface area is 141 Å². The summed E-state index contributed by atoms with van der Waals surface area (Å²) in [6.45, 7) is 1.59. The van der Waals surface area contributed by atoms with Crippen molar-refractivity contribution in [1.82, 2.24) is 0 Å². The standard InChI is InChI=1S/C18H15F3O4/c1-2-13(17(24)25)12-7-8-14(15(9-12)18(19,20)21)10-3-5-11(6-4-10)16(22)23/h3-9,13H,2H2,1H3,(H,22,23)(H,24,25). The molecule has 25 heavy (non-hydrogen) atoms. The molecular weight excluding hydrogens is 337 g/mol. The quantitative estimate of drug-likeness (QED) is 0.821. The minimum Gasteiger partial charge on any atom is -0.481 e. The summed E-state index contributed by atoms with van der Waals surface area (Å²) in [7, 11) is 0. The van der Waals surface area contributed by atoms with E-state index in [1.807, 2.05) is 0 Å². The number of aromatic carboxylic acids is 1. The highest BCUT2D eigenvalue weighted by atomic mass is 19.4. The van der Waals surface area contributed by atoms with Gasteiger partial charge in [0, 0.05) is 0 Å². The van der Waals surface area contributed by atoms with Crippen molar-refractivity contribution in [2.45, 2.75) is 25.4 Å². The third kappa shape index (κ3) is 3.99. The summed E-state index contributed by atoms with van der Waals surface area (Å²) in [5.74, 6) is -3.39. The molecule has 0 aliphatic heterocycles. The van der Waals surface area contributed by atoms with Crippen LogP contribution in [0.4, 0.5) is 13.2 Å². The molecule has 0 saturated heterocycles. The fourth-order valence-electron chi connectivity index (χ4n) is 2.61. The fraction of sp³-hybridized carbons (Fsp3) is 0.222. The molecule has 0 bridgehead atoms. The largest absolute Gasteiger partial charge is 0.481 e. The lowest BCUT2D eigenvalue weighted by Crippen LogP contribution is -2.13. The molecule has 2 aromatic carbocycles. The molecule has 132 valence electrons. The first-order chi connectivity index (χ1) is 11.6. The average Bonchev–Trinajstić information content (AvgIpc) is 2.54. The number of carboxylic acid groups (broad SMARTS) is 2. The number of alkyl halides is 3. The van der Waals surface area contributed by atoms with Crippen LogP contribution in [0, 0.1) is 0 Å². The van der Waals surface area contributed by atoms with E-state index in [0.717, 1.165) is 6.07 Å². The van der Waals surface area contributed by atoms with Gasteiger partial charge in [-0.2, -0.15) is 13.2 Å². The van der Waals surface area contributed by atoms with Crippen molar-refractivity contribution in [1.29, 1.82) is 0 Å². The molecule has 1 atom stereocenters. The Kier molecular flexibility index (Phi) is 5.15. The lowest BCUT2D eigenvalue weighted by molar-refractivity contribution is -0.140. The van der Waals surface area contributed by atoms with Gasteiger partial charge in [-0.1, -0.05) is 31.2 Å². The number of carbonyl (C=O) groups is 2. The molecule has 0 spiro atoms. The third-order valence-electron chi connectivity index (χ3n) is 3.90. The van der Waals surface area contributed by atoms with Gasteiger partial charge in [0.2, 0.25) is 0 Å². The van der Waals surface area contributed by atoms with E-state index in [4.69, 9.17) is 10.2 Å². The number of hydrogen-bond donors (Lipinski definition) is 2. The van der Waals surface area contributed by atoms with Gasteiger partial charge in [-0.15, -0.1) is 0 Å². The lowest BCUT2D eigenvalue weighted by Gasteiger charge is -2.17. The van der Waals surface area contributed by atoms with Crippen LogP contribution in [-0.4, -0.2) is 22.2 Å². The zero-order valence-corrected chi connectivity index (χ0v) is 13.2. The van der Waals surface area contributed by atoms with Gasteiger partial charge in [0.15, 0.2) is 0 Å². The van der Waals surface area contributed by atoms with Crippen LogP contribution in [0.3, 0.4) is 0 Å². The van der Waals surface area contributed by atoms with Crippen LogP contribution in [0.1, 0.15) is 40.7 Å². The van der Waals surface area contributed by atoms with Crippen LogP contribution in [0.15, 0.2) is 42.5 Å². The molecule has 1 unspecified atom stereocenters. The van der Waals surface area contributed by atoms with Crippen LogP contribution in [-0.2, 0) is 11.0 Å². The van der Waals surface area contributed by atoms with Gasteiger partial charge in [0.25, 0.3) is 0 Å². The van der Waals surface area contributed by atoms with Crippen molar-refractivity contribution < 1.29 is 33.0 Å². The van der Waals surface area contributed by atoms with Crippen LogP contribution < -0.4 is 0 Å². The van der Waals surface area contributed by atoms with Gasteiger partial charge >= 0.3 is 18.1 Å². The second kappa shape index (κ2) is 6.96. The molecular formula is C18H15F3O4. The summed E-state index contributed by atoms with van der Waals surface area (Å²) in [4.78, 5) is 22.1. The van der Waals surface area contributed by atoms with Crippen molar-refractivity contribution in [3.05, 3.63) is 59.2 Å². The molecule has 0 aliphatic carbocycles. The predicted molar refractivity (Wildman–Crippen MR) is 84.5 cm³/mol. The van der Waals surface area contributed by atoms with Crippen LogP contribution in [0.25, 0.3) is 11.1 Å². The Morgan fingerprint density at radius 2 is 1.64 bits per heavy atom. The maximum Gasteiger partial charge on any atom is 0.417 e. The molecule has 7 heteroatoms. The average molecular weight is 352 g/mol. The summed E-state index contributed by atoms with van der Waals surface area (Å²) in [6, 6.07) is 8.46. The summed E-state index contributed by atoms with van der Waals surface area (Å²) in [5, 5.41) is 18.0. The summed E-state index contributed by atoms with van der Waals surface area (Å²) >= 11 is 0. The number of rotatable bonds is 5. The van der Waals surface area contributed by atoms with E-state index >= 15 is 0 Å². The summed E-state index contributed by atoms with van der Waals surface area (Å²) in [5.41, 5.74) is -0.840. The van der Waals surface area contributed by atoms with Gasteiger partial charge < -0.3 is 10.2 Å². The molecule has 0 amide bonds. The highest BCUT2D eigenvalue weighted by Gasteiger charge is 2.35. The molecule has 0 heterocycles. The second-order valence-corrected chi connectivity index (χ2v) is 5.48. The molecule has 0 radical (unpaired) electrons. The first-order valence-corrected chi connectivity index (χ1v) is 7.42. The van der Waals surface area contributed by atoms with Gasteiger partial charge in [-0.25, -0.2) is 4.79 Å². The zero-order chi connectivity index (χ0) is 18.8. The molecule has 2 aromatic rings. The number of benzene rings is 2. The van der Waals surface area contributed by atoms with Crippen molar-refractivity contribution in [3.63, 3.8) is 0 Å². The minimum absolute atomic E-state index is 0.0362. The van der Waals surface area contributed by atoms with Gasteiger partial charge in [-0.05, 0) is 41.3 Å². The fourth-order valence-corrected chi connectivity index (χ4v) is 2.61. The first kappa shape index (κ1) is 18.5. The molecule has 0 aromatic heterocycles. The molecule has 0 saturated carbocycles. The van der Waals surface area contributed by atoms with E-state index in [1.54, 1.807) is 6.92 Å². The van der Waals surface area contributed by atoms with Crippen molar-refractivity contribution in [3.8, 4) is 11.1 Å². The van der Waals surface area contributed by atoms with Crippen molar-refractivity contribution >= 4 is 11.9 Å². The second-order valence-electron chi connectivity index (χ2n) is 5.48. The number of halogens is 3. The van der Waals surface area contributed by atoms with Crippen molar-refractivity contribution in [2.24, 2.45) is 0 Å². The molecule has 0 aliphatic rings.